The summed E-state index contributed by atoms with van der Waals surface area (Å²) in [4.78, 5) is 4.02. The van der Waals surface area contributed by atoms with Gasteiger partial charge in [0, 0.05) is 30.2 Å². The van der Waals surface area contributed by atoms with Crippen LogP contribution in [0.5, 0.6) is 0 Å². The van der Waals surface area contributed by atoms with Gasteiger partial charge in [0.05, 0.1) is 0 Å². The molecule has 0 bridgehead atoms. The Labute approximate surface area is 112 Å². The zero-order valence-corrected chi connectivity index (χ0v) is 11.5. The summed E-state index contributed by atoms with van der Waals surface area (Å²) in [6.07, 6.45) is 1.17. The lowest BCUT2D eigenvalue weighted by molar-refractivity contribution is 0.743. The zero-order chi connectivity index (χ0) is 12.5. The number of aryl methyl sites for hydroxylation is 1. The molecule has 0 saturated carbocycles. The summed E-state index contributed by atoms with van der Waals surface area (Å²) in [5, 5.41) is 2.21. The maximum Gasteiger partial charge on any atom is 0.0440 e. The fourth-order valence-corrected chi connectivity index (χ4v) is 3.46. The SMILES string of the molecule is Cc1cc(N2CCc3sccc3C2)ccc1CN. The van der Waals surface area contributed by atoms with Crippen molar-refractivity contribution in [3.8, 4) is 0 Å². The van der Waals surface area contributed by atoms with E-state index in [2.05, 4.69) is 41.5 Å². The highest BCUT2D eigenvalue weighted by atomic mass is 32.1. The van der Waals surface area contributed by atoms with Crippen molar-refractivity contribution in [2.24, 2.45) is 5.73 Å². The van der Waals surface area contributed by atoms with E-state index in [1.807, 2.05) is 11.3 Å². The molecule has 0 radical (unpaired) electrons. The normalized spacial score (nSPS) is 14.7. The first-order valence-electron chi connectivity index (χ1n) is 6.37. The van der Waals surface area contributed by atoms with Crippen molar-refractivity contribution in [3.05, 3.63) is 51.2 Å². The molecule has 0 spiro atoms. The number of rotatable bonds is 2. The van der Waals surface area contributed by atoms with Crippen LogP contribution in [0.15, 0.2) is 29.6 Å². The number of hydrogen-bond acceptors (Lipinski definition) is 3. The van der Waals surface area contributed by atoms with Crippen LogP contribution in [-0.2, 0) is 19.5 Å². The number of thiophene rings is 1. The Morgan fingerprint density at radius 2 is 2.22 bits per heavy atom. The van der Waals surface area contributed by atoms with Crippen molar-refractivity contribution < 1.29 is 0 Å². The van der Waals surface area contributed by atoms with E-state index in [1.54, 1.807) is 4.88 Å². The minimum atomic E-state index is 0.626. The lowest BCUT2D eigenvalue weighted by atomic mass is 10.1. The third kappa shape index (κ3) is 2.04. The molecule has 0 atom stereocenters. The van der Waals surface area contributed by atoms with Gasteiger partial charge in [-0.3, -0.25) is 0 Å². The van der Waals surface area contributed by atoms with Crippen molar-refractivity contribution >= 4 is 17.0 Å². The van der Waals surface area contributed by atoms with E-state index in [4.69, 9.17) is 5.73 Å². The van der Waals surface area contributed by atoms with E-state index in [1.165, 1.54) is 28.8 Å². The Balaban J connectivity index is 1.86. The Hall–Kier alpha value is -1.32. The first-order valence-corrected chi connectivity index (χ1v) is 7.25. The average molecular weight is 258 g/mol. The monoisotopic (exact) mass is 258 g/mol. The van der Waals surface area contributed by atoms with Crippen molar-refractivity contribution in [1.29, 1.82) is 0 Å². The lowest BCUT2D eigenvalue weighted by Gasteiger charge is -2.29. The number of nitrogens with zero attached hydrogens (tertiary/aromatic N) is 1. The van der Waals surface area contributed by atoms with Crippen molar-refractivity contribution in [1.82, 2.24) is 0 Å². The molecular formula is C15H18N2S. The van der Waals surface area contributed by atoms with Crippen LogP contribution in [-0.4, -0.2) is 6.54 Å². The van der Waals surface area contributed by atoms with Gasteiger partial charge in [-0.1, -0.05) is 6.07 Å². The fraction of sp³-hybridized carbons (Fsp3) is 0.333. The number of nitrogens with two attached hydrogens (primary N) is 1. The number of benzene rings is 1. The predicted molar refractivity (Wildman–Crippen MR) is 78.1 cm³/mol. The Morgan fingerprint density at radius 1 is 1.33 bits per heavy atom. The highest BCUT2D eigenvalue weighted by molar-refractivity contribution is 7.10. The Morgan fingerprint density at radius 3 is 3.00 bits per heavy atom. The molecule has 94 valence electrons. The molecule has 1 aliphatic rings. The molecule has 1 aromatic heterocycles. The average Bonchev–Trinajstić information content (AvgIpc) is 2.85. The molecule has 3 rings (SSSR count). The van der Waals surface area contributed by atoms with E-state index in [0.717, 1.165) is 13.1 Å². The van der Waals surface area contributed by atoms with Gasteiger partial charge in [0.15, 0.2) is 0 Å². The van der Waals surface area contributed by atoms with E-state index in [9.17, 15) is 0 Å². The van der Waals surface area contributed by atoms with Crippen LogP contribution in [0.3, 0.4) is 0 Å². The van der Waals surface area contributed by atoms with E-state index in [0.29, 0.717) is 6.54 Å². The van der Waals surface area contributed by atoms with Crippen molar-refractivity contribution in [2.75, 3.05) is 11.4 Å². The molecule has 0 amide bonds. The first kappa shape index (κ1) is 11.8. The summed E-state index contributed by atoms with van der Waals surface area (Å²) in [7, 11) is 0. The van der Waals surface area contributed by atoms with Gasteiger partial charge in [-0.25, -0.2) is 0 Å². The second-order valence-electron chi connectivity index (χ2n) is 4.86. The van der Waals surface area contributed by atoms with Crippen LogP contribution in [0, 0.1) is 6.92 Å². The second-order valence-corrected chi connectivity index (χ2v) is 5.86. The number of anilines is 1. The van der Waals surface area contributed by atoms with Crippen LogP contribution in [0.4, 0.5) is 5.69 Å². The molecule has 2 nitrogen and oxygen atoms in total. The van der Waals surface area contributed by atoms with Crippen LogP contribution < -0.4 is 10.6 Å². The molecule has 0 saturated heterocycles. The van der Waals surface area contributed by atoms with E-state index >= 15 is 0 Å². The molecule has 2 N–H and O–H groups in total. The lowest BCUT2D eigenvalue weighted by Crippen LogP contribution is -2.29. The van der Waals surface area contributed by atoms with Gasteiger partial charge in [0.25, 0.3) is 0 Å². The zero-order valence-electron chi connectivity index (χ0n) is 10.6. The standard InChI is InChI=1S/C15H18N2S/c1-11-8-14(3-2-12(11)9-16)17-6-4-15-13(10-17)5-7-18-15/h2-3,5,7-8H,4,6,9-10,16H2,1H3. The quantitative estimate of drug-likeness (QED) is 0.897. The van der Waals surface area contributed by atoms with Crippen molar-refractivity contribution in [2.45, 2.75) is 26.4 Å². The molecule has 2 aromatic rings. The fourth-order valence-electron chi connectivity index (χ4n) is 2.57. The summed E-state index contributed by atoms with van der Waals surface area (Å²) < 4.78 is 0. The highest BCUT2D eigenvalue weighted by Crippen LogP contribution is 2.28. The third-order valence-corrected chi connectivity index (χ3v) is 4.74. The maximum absolute atomic E-state index is 5.72. The Bertz CT molecular complexity index is 559. The summed E-state index contributed by atoms with van der Waals surface area (Å²) in [5.74, 6) is 0. The van der Waals surface area contributed by atoms with Gasteiger partial charge in [-0.05, 0) is 53.6 Å². The van der Waals surface area contributed by atoms with Gasteiger partial charge < -0.3 is 10.6 Å². The van der Waals surface area contributed by atoms with Gasteiger partial charge in [-0.2, -0.15) is 0 Å². The molecule has 0 fully saturated rings. The van der Waals surface area contributed by atoms with Crippen LogP contribution in [0.25, 0.3) is 0 Å². The smallest absolute Gasteiger partial charge is 0.0440 e. The minimum Gasteiger partial charge on any atom is -0.367 e. The van der Waals surface area contributed by atoms with Crippen LogP contribution in [0.2, 0.25) is 0 Å². The van der Waals surface area contributed by atoms with Gasteiger partial charge >= 0.3 is 0 Å². The van der Waals surface area contributed by atoms with Crippen LogP contribution in [0.1, 0.15) is 21.6 Å². The second kappa shape index (κ2) is 4.75. The minimum absolute atomic E-state index is 0.626. The largest absolute Gasteiger partial charge is 0.367 e. The molecule has 18 heavy (non-hydrogen) atoms. The summed E-state index contributed by atoms with van der Waals surface area (Å²) >= 11 is 1.89. The Kier molecular flexibility index (Phi) is 3.10. The summed E-state index contributed by atoms with van der Waals surface area (Å²) in [5.41, 5.74) is 11.1. The predicted octanol–water partition coefficient (Wildman–Crippen LogP) is 3.08. The van der Waals surface area contributed by atoms with E-state index < -0.39 is 0 Å². The summed E-state index contributed by atoms with van der Waals surface area (Å²) in [6.45, 7) is 4.93. The number of fused-ring (bicyclic) bond motifs is 1. The van der Waals surface area contributed by atoms with Crippen LogP contribution >= 0.6 is 11.3 Å². The molecule has 2 heterocycles. The van der Waals surface area contributed by atoms with Crippen molar-refractivity contribution in [3.63, 3.8) is 0 Å². The molecular weight excluding hydrogens is 240 g/mol. The molecule has 0 unspecified atom stereocenters. The highest BCUT2D eigenvalue weighted by Gasteiger charge is 2.17. The summed E-state index contributed by atoms with van der Waals surface area (Å²) in [6, 6.07) is 8.88. The third-order valence-electron chi connectivity index (χ3n) is 3.72. The number of hydrogen-bond donors (Lipinski definition) is 1. The molecule has 1 aliphatic heterocycles. The molecule has 1 aromatic carbocycles. The molecule has 0 aliphatic carbocycles. The first-order chi connectivity index (χ1) is 8.78. The van der Waals surface area contributed by atoms with E-state index in [-0.39, 0.29) is 0 Å². The topological polar surface area (TPSA) is 29.3 Å². The molecule has 3 heteroatoms. The van der Waals surface area contributed by atoms with Gasteiger partial charge in [0.2, 0.25) is 0 Å². The van der Waals surface area contributed by atoms with Gasteiger partial charge in [-0.15, -0.1) is 11.3 Å². The van der Waals surface area contributed by atoms with Gasteiger partial charge in [0.1, 0.15) is 0 Å². The maximum atomic E-state index is 5.72.